The van der Waals surface area contributed by atoms with Crippen molar-refractivity contribution in [2.24, 2.45) is 0 Å². The van der Waals surface area contributed by atoms with Crippen molar-refractivity contribution < 1.29 is 4.79 Å². The Morgan fingerprint density at radius 2 is 1.87 bits per heavy atom. The molecule has 2 aromatic carbocycles. The number of anilines is 1. The number of amides is 1. The molecule has 158 valence electrons. The number of hydrogen-bond donors (Lipinski definition) is 1. The average Bonchev–Trinajstić information content (AvgIpc) is 2.67. The Balaban J connectivity index is 1.79. The Morgan fingerprint density at radius 3 is 2.57 bits per heavy atom. The monoisotopic (exact) mass is 464 g/mol. The Kier molecular flexibility index (Phi) is 7.77. The number of aromatic nitrogens is 2. The zero-order valence-corrected chi connectivity index (χ0v) is 19.0. The van der Waals surface area contributed by atoms with Crippen LogP contribution in [-0.4, -0.2) is 46.8 Å². The van der Waals surface area contributed by atoms with Crippen molar-refractivity contribution in [1.29, 1.82) is 0 Å². The van der Waals surface area contributed by atoms with Crippen LogP contribution in [0.25, 0.3) is 10.9 Å². The van der Waals surface area contributed by atoms with Crippen LogP contribution in [0.2, 0.25) is 10.0 Å². The van der Waals surface area contributed by atoms with Crippen molar-refractivity contribution in [2.75, 3.05) is 31.7 Å². The molecule has 0 spiro atoms. The van der Waals surface area contributed by atoms with E-state index in [1.165, 1.54) is 11.8 Å². The van der Waals surface area contributed by atoms with E-state index >= 15 is 0 Å². The van der Waals surface area contributed by atoms with E-state index in [9.17, 15) is 9.59 Å². The largest absolute Gasteiger partial charge is 0.325 e. The van der Waals surface area contributed by atoms with Gasteiger partial charge in [0.25, 0.3) is 5.56 Å². The van der Waals surface area contributed by atoms with Crippen LogP contribution in [0.3, 0.4) is 0 Å². The van der Waals surface area contributed by atoms with Crippen molar-refractivity contribution in [1.82, 2.24) is 14.5 Å². The molecule has 30 heavy (non-hydrogen) atoms. The molecular formula is C21H22Cl2N4O2S. The number of nitrogens with zero attached hydrogens (tertiary/aromatic N) is 3. The molecule has 1 heterocycles. The minimum Gasteiger partial charge on any atom is -0.325 e. The summed E-state index contributed by atoms with van der Waals surface area (Å²) in [6, 6.07) is 12.1. The molecule has 0 fully saturated rings. The Hall–Kier alpha value is -2.06. The topological polar surface area (TPSA) is 67.2 Å². The fourth-order valence-electron chi connectivity index (χ4n) is 2.95. The summed E-state index contributed by atoms with van der Waals surface area (Å²) >= 11 is 13.2. The number of thioether (sulfide) groups is 1. The summed E-state index contributed by atoms with van der Waals surface area (Å²) in [5, 5.41) is 4.75. The first-order valence-electron chi connectivity index (χ1n) is 9.36. The highest BCUT2D eigenvalue weighted by Crippen LogP contribution is 2.23. The highest BCUT2D eigenvalue weighted by Gasteiger charge is 2.14. The molecule has 0 aliphatic rings. The smallest absolute Gasteiger partial charge is 0.262 e. The van der Waals surface area contributed by atoms with Gasteiger partial charge in [0.1, 0.15) is 0 Å². The van der Waals surface area contributed by atoms with Gasteiger partial charge in [0.15, 0.2) is 5.16 Å². The highest BCUT2D eigenvalue weighted by atomic mass is 35.5. The normalized spacial score (nSPS) is 11.2. The van der Waals surface area contributed by atoms with Gasteiger partial charge in [-0.15, -0.1) is 0 Å². The number of fused-ring (bicyclic) bond motifs is 1. The quantitative estimate of drug-likeness (QED) is 0.395. The van der Waals surface area contributed by atoms with Gasteiger partial charge < -0.3 is 10.2 Å². The van der Waals surface area contributed by atoms with E-state index in [-0.39, 0.29) is 17.2 Å². The van der Waals surface area contributed by atoms with Crippen LogP contribution in [0.5, 0.6) is 0 Å². The molecule has 0 saturated carbocycles. The maximum atomic E-state index is 13.0. The minimum atomic E-state index is -0.236. The lowest BCUT2D eigenvalue weighted by molar-refractivity contribution is -0.113. The molecule has 6 nitrogen and oxygen atoms in total. The van der Waals surface area contributed by atoms with Crippen LogP contribution in [0.15, 0.2) is 52.4 Å². The van der Waals surface area contributed by atoms with Gasteiger partial charge >= 0.3 is 0 Å². The number of hydrogen-bond acceptors (Lipinski definition) is 5. The average molecular weight is 465 g/mol. The van der Waals surface area contributed by atoms with Crippen molar-refractivity contribution >= 4 is 57.5 Å². The van der Waals surface area contributed by atoms with E-state index in [0.717, 1.165) is 13.0 Å². The second-order valence-corrected chi connectivity index (χ2v) is 8.84. The third-order valence-electron chi connectivity index (χ3n) is 4.29. The van der Waals surface area contributed by atoms with Crippen molar-refractivity contribution in [2.45, 2.75) is 18.1 Å². The van der Waals surface area contributed by atoms with Crippen LogP contribution in [0.1, 0.15) is 6.42 Å². The summed E-state index contributed by atoms with van der Waals surface area (Å²) in [5.74, 6) is -0.136. The van der Waals surface area contributed by atoms with Gasteiger partial charge in [0.2, 0.25) is 5.91 Å². The van der Waals surface area contributed by atoms with Crippen LogP contribution >= 0.6 is 35.0 Å². The van der Waals surface area contributed by atoms with Crippen LogP contribution in [-0.2, 0) is 11.3 Å². The third kappa shape index (κ3) is 5.98. The number of carbonyl (C=O) groups is 1. The molecule has 9 heteroatoms. The first-order valence-corrected chi connectivity index (χ1v) is 11.1. The molecule has 1 amide bonds. The number of halogens is 2. The molecular weight excluding hydrogens is 443 g/mol. The van der Waals surface area contributed by atoms with E-state index < -0.39 is 0 Å². The molecule has 1 aromatic heterocycles. The maximum absolute atomic E-state index is 13.0. The molecule has 3 rings (SSSR count). The Labute approximate surface area is 189 Å². The lowest BCUT2D eigenvalue weighted by Gasteiger charge is -2.15. The number of para-hydroxylation sites is 1. The second kappa shape index (κ2) is 10.3. The molecule has 0 saturated heterocycles. The lowest BCUT2D eigenvalue weighted by Crippen LogP contribution is -2.26. The fraction of sp³-hybridized carbons (Fsp3) is 0.286. The van der Waals surface area contributed by atoms with Crippen molar-refractivity contribution in [3.8, 4) is 0 Å². The van der Waals surface area contributed by atoms with Gasteiger partial charge in [0.05, 0.1) is 16.7 Å². The van der Waals surface area contributed by atoms with Crippen LogP contribution < -0.4 is 10.9 Å². The van der Waals surface area contributed by atoms with Crippen molar-refractivity contribution in [3.63, 3.8) is 0 Å². The van der Waals surface area contributed by atoms with Crippen LogP contribution in [0, 0.1) is 0 Å². The summed E-state index contributed by atoms with van der Waals surface area (Å²) in [4.78, 5) is 32.1. The zero-order chi connectivity index (χ0) is 21.7. The first kappa shape index (κ1) is 22.6. The summed E-state index contributed by atoms with van der Waals surface area (Å²) in [6.07, 6.45) is 0.799. The van der Waals surface area contributed by atoms with E-state index in [1.54, 1.807) is 34.9 Å². The Morgan fingerprint density at radius 1 is 1.17 bits per heavy atom. The Bertz CT molecular complexity index is 1100. The summed E-state index contributed by atoms with van der Waals surface area (Å²) in [7, 11) is 3.98. The van der Waals surface area contributed by atoms with Crippen LogP contribution in [0.4, 0.5) is 5.69 Å². The molecule has 0 aliphatic heterocycles. The lowest BCUT2D eigenvalue weighted by atomic mass is 10.2. The van der Waals surface area contributed by atoms with E-state index in [4.69, 9.17) is 23.2 Å². The maximum Gasteiger partial charge on any atom is 0.262 e. The molecule has 0 unspecified atom stereocenters. The van der Waals surface area contributed by atoms with Gasteiger partial charge in [-0.1, -0.05) is 47.1 Å². The molecule has 1 N–H and O–H groups in total. The van der Waals surface area contributed by atoms with E-state index in [0.29, 0.717) is 38.3 Å². The number of benzene rings is 2. The SMILES string of the molecule is CN(C)CCCn1c(SCC(=O)Nc2cc(Cl)cc(Cl)c2)nc2ccccc2c1=O. The predicted molar refractivity (Wildman–Crippen MR) is 125 cm³/mol. The fourth-order valence-corrected chi connectivity index (χ4v) is 4.30. The van der Waals surface area contributed by atoms with Gasteiger partial charge in [-0.2, -0.15) is 0 Å². The molecule has 0 bridgehead atoms. The first-order chi connectivity index (χ1) is 14.3. The predicted octanol–water partition coefficient (Wildman–Crippen LogP) is 4.39. The molecule has 3 aromatic rings. The summed E-state index contributed by atoms with van der Waals surface area (Å²) < 4.78 is 1.65. The zero-order valence-electron chi connectivity index (χ0n) is 16.7. The molecule has 0 aliphatic carbocycles. The van der Waals surface area contributed by atoms with Crippen molar-refractivity contribution in [3.05, 3.63) is 62.9 Å². The van der Waals surface area contributed by atoms with Gasteiger partial charge in [-0.3, -0.25) is 14.2 Å². The standard InChI is InChI=1S/C21H22Cl2N4O2S/c1-26(2)8-5-9-27-20(29)17-6-3-4-7-18(17)25-21(27)30-13-19(28)24-16-11-14(22)10-15(23)12-16/h3-4,6-7,10-12H,5,8-9,13H2,1-2H3,(H,24,28). The van der Waals surface area contributed by atoms with E-state index in [2.05, 4.69) is 15.2 Å². The van der Waals surface area contributed by atoms with Gasteiger partial charge in [0, 0.05) is 22.3 Å². The minimum absolute atomic E-state index is 0.0936. The second-order valence-electron chi connectivity index (χ2n) is 7.02. The van der Waals surface area contributed by atoms with Gasteiger partial charge in [-0.05, 0) is 57.4 Å². The number of carbonyl (C=O) groups excluding carboxylic acids is 1. The summed E-state index contributed by atoms with van der Waals surface area (Å²) in [5.41, 5.74) is 1.05. The van der Waals surface area contributed by atoms with Gasteiger partial charge in [-0.25, -0.2) is 4.98 Å². The highest BCUT2D eigenvalue weighted by molar-refractivity contribution is 7.99. The van der Waals surface area contributed by atoms with E-state index in [1.807, 2.05) is 26.2 Å². The number of rotatable bonds is 8. The molecule has 0 radical (unpaired) electrons. The third-order valence-corrected chi connectivity index (χ3v) is 5.71. The number of nitrogens with one attached hydrogen (secondary N) is 1. The molecule has 0 atom stereocenters. The summed E-state index contributed by atoms with van der Waals surface area (Å²) in [6.45, 7) is 1.38.